The van der Waals surface area contributed by atoms with Crippen LogP contribution in [0.3, 0.4) is 0 Å². The first-order valence-electron chi connectivity index (χ1n) is 7.11. The van der Waals surface area contributed by atoms with Crippen LogP contribution in [-0.2, 0) is 6.54 Å². The average molecular weight is 367 g/mol. The second kappa shape index (κ2) is 6.67. The van der Waals surface area contributed by atoms with E-state index >= 15 is 0 Å². The number of benzene rings is 1. The highest BCUT2D eigenvalue weighted by Gasteiger charge is 2.12. The smallest absolute Gasteiger partial charge is 0.128 e. The molecule has 0 atom stereocenters. The Morgan fingerprint density at radius 2 is 2.00 bits per heavy atom. The molecule has 0 bridgehead atoms. The van der Waals surface area contributed by atoms with Crippen LogP contribution in [0.4, 0.5) is 11.5 Å². The van der Waals surface area contributed by atoms with Gasteiger partial charge in [0.2, 0.25) is 0 Å². The molecule has 0 radical (unpaired) electrons. The molecule has 21 heavy (non-hydrogen) atoms. The van der Waals surface area contributed by atoms with Crippen molar-refractivity contribution in [2.45, 2.75) is 19.4 Å². The number of hydrogen-bond acceptors (Lipinski definition) is 3. The van der Waals surface area contributed by atoms with Crippen molar-refractivity contribution in [1.29, 1.82) is 0 Å². The van der Waals surface area contributed by atoms with E-state index in [0.29, 0.717) is 6.54 Å². The maximum atomic E-state index is 6.21. The van der Waals surface area contributed by atoms with Gasteiger partial charge in [0, 0.05) is 29.1 Å². The van der Waals surface area contributed by atoms with Gasteiger partial charge in [0.25, 0.3) is 0 Å². The van der Waals surface area contributed by atoms with E-state index in [1.807, 2.05) is 24.4 Å². The molecule has 0 amide bonds. The molecule has 2 heterocycles. The maximum absolute atomic E-state index is 6.21. The van der Waals surface area contributed by atoms with Crippen LogP contribution < -0.4 is 10.2 Å². The first-order chi connectivity index (χ1) is 10.2. The van der Waals surface area contributed by atoms with Crippen molar-refractivity contribution < 1.29 is 0 Å². The third kappa shape index (κ3) is 3.69. The fourth-order valence-electron chi connectivity index (χ4n) is 2.49. The molecule has 3 nitrogen and oxygen atoms in total. The highest BCUT2D eigenvalue weighted by atomic mass is 79.9. The average Bonchev–Trinajstić information content (AvgIpc) is 3.01. The van der Waals surface area contributed by atoms with Crippen molar-refractivity contribution in [2.24, 2.45) is 0 Å². The summed E-state index contributed by atoms with van der Waals surface area (Å²) in [5.74, 6) is 1.07. The highest BCUT2D eigenvalue weighted by molar-refractivity contribution is 9.10. The van der Waals surface area contributed by atoms with Crippen molar-refractivity contribution in [3.05, 3.63) is 51.6 Å². The number of rotatable bonds is 4. The van der Waals surface area contributed by atoms with Gasteiger partial charge in [-0.2, -0.15) is 0 Å². The number of halogens is 2. The van der Waals surface area contributed by atoms with E-state index in [1.165, 1.54) is 12.8 Å². The minimum absolute atomic E-state index is 0.691. The van der Waals surface area contributed by atoms with Crippen molar-refractivity contribution in [2.75, 3.05) is 23.3 Å². The molecule has 0 unspecified atom stereocenters. The topological polar surface area (TPSA) is 28.2 Å². The standard InChI is InChI=1S/C16H17BrClN3/c17-13-4-3-12(15(18)9-13)10-19-14-5-6-16(20-11-14)21-7-1-2-8-21/h3-6,9,11,19H,1-2,7-8,10H2. The Balaban J connectivity index is 1.62. The number of nitrogens with zero attached hydrogens (tertiary/aromatic N) is 2. The summed E-state index contributed by atoms with van der Waals surface area (Å²) in [6.07, 6.45) is 4.42. The van der Waals surface area contributed by atoms with Gasteiger partial charge in [0.15, 0.2) is 0 Å². The molecule has 2 aromatic rings. The predicted octanol–water partition coefficient (Wildman–Crippen LogP) is 4.71. The maximum Gasteiger partial charge on any atom is 0.128 e. The van der Waals surface area contributed by atoms with Crippen molar-refractivity contribution >= 4 is 39.0 Å². The molecule has 0 spiro atoms. The SMILES string of the molecule is Clc1cc(Br)ccc1CNc1ccc(N2CCCC2)nc1. The first-order valence-corrected chi connectivity index (χ1v) is 8.28. The Morgan fingerprint density at radius 3 is 2.67 bits per heavy atom. The Morgan fingerprint density at radius 1 is 1.19 bits per heavy atom. The number of aromatic nitrogens is 1. The molecule has 1 aliphatic heterocycles. The van der Waals surface area contributed by atoms with Crippen LogP contribution in [0.5, 0.6) is 0 Å². The van der Waals surface area contributed by atoms with E-state index in [9.17, 15) is 0 Å². The van der Waals surface area contributed by atoms with Gasteiger partial charge >= 0.3 is 0 Å². The molecule has 110 valence electrons. The molecule has 3 rings (SSSR count). The van der Waals surface area contributed by atoms with Gasteiger partial charge in [-0.1, -0.05) is 33.6 Å². The third-order valence-electron chi connectivity index (χ3n) is 3.68. The largest absolute Gasteiger partial charge is 0.380 e. The fourth-order valence-corrected chi connectivity index (χ4v) is 3.23. The lowest BCUT2D eigenvalue weighted by Crippen LogP contribution is -2.18. The monoisotopic (exact) mass is 365 g/mol. The molecule has 1 N–H and O–H groups in total. The number of pyridine rings is 1. The van der Waals surface area contributed by atoms with E-state index in [-0.39, 0.29) is 0 Å². The Labute approximate surface area is 138 Å². The van der Waals surface area contributed by atoms with Crippen LogP contribution in [0.25, 0.3) is 0 Å². The molecule has 0 saturated carbocycles. The summed E-state index contributed by atoms with van der Waals surface area (Å²) < 4.78 is 0.993. The molecule has 1 aromatic carbocycles. The number of hydrogen-bond donors (Lipinski definition) is 1. The third-order valence-corrected chi connectivity index (χ3v) is 4.52. The van der Waals surface area contributed by atoms with Crippen LogP contribution in [0.2, 0.25) is 5.02 Å². The van der Waals surface area contributed by atoms with E-state index < -0.39 is 0 Å². The minimum Gasteiger partial charge on any atom is -0.380 e. The van der Waals surface area contributed by atoms with Gasteiger partial charge in [-0.25, -0.2) is 4.98 Å². The predicted molar refractivity (Wildman–Crippen MR) is 92.2 cm³/mol. The fraction of sp³-hybridized carbons (Fsp3) is 0.312. The van der Waals surface area contributed by atoms with E-state index in [0.717, 1.165) is 39.7 Å². The van der Waals surface area contributed by atoms with Gasteiger partial charge in [-0.15, -0.1) is 0 Å². The molecular formula is C16H17BrClN3. The van der Waals surface area contributed by atoms with Gasteiger partial charge in [-0.05, 0) is 42.7 Å². The molecule has 1 saturated heterocycles. The molecular weight excluding hydrogens is 350 g/mol. The minimum atomic E-state index is 0.691. The van der Waals surface area contributed by atoms with Gasteiger partial charge in [0.1, 0.15) is 5.82 Å². The van der Waals surface area contributed by atoms with Crippen LogP contribution in [0.15, 0.2) is 41.0 Å². The zero-order valence-electron chi connectivity index (χ0n) is 11.6. The van der Waals surface area contributed by atoms with Crippen molar-refractivity contribution in [3.63, 3.8) is 0 Å². The summed E-state index contributed by atoms with van der Waals surface area (Å²) in [5, 5.41) is 4.12. The molecule has 0 aliphatic carbocycles. The summed E-state index contributed by atoms with van der Waals surface area (Å²) in [7, 11) is 0. The summed E-state index contributed by atoms with van der Waals surface area (Å²) in [4.78, 5) is 6.86. The van der Waals surface area contributed by atoms with Crippen molar-refractivity contribution in [1.82, 2.24) is 4.98 Å². The van der Waals surface area contributed by atoms with Gasteiger partial charge in [-0.3, -0.25) is 0 Å². The lowest BCUT2D eigenvalue weighted by molar-refractivity contribution is 0.937. The summed E-state index contributed by atoms with van der Waals surface area (Å²) in [5.41, 5.74) is 2.08. The summed E-state index contributed by atoms with van der Waals surface area (Å²) >= 11 is 9.63. The summed E-state index contributed by atoms with van der Waals surface area (Å²) in [6, 6.07) is 10.1. The van der Waals surface area contributed by atoms with Gasteiger partial charge in [0.05, 0.1) is 11.9 Å². The zero-order chi connectivity index (χ0) is 14.7. The Bertz CT molecular complexity index is 609. The second-order valence-corrected chi connectivity index (χ2v) is 6.51. The molecule has 1 aromatic heterocycles. The number of nitrogens with one attached hydrogen (secondary N) is 1. The lowest BCUT2D eigenvalue weighted by Gasteiger charge is -2.16. The second-order valence-electron chi connectivity index (χ2n) is 5.19. The van der Waals surface area contributed by atoms with Crippen molar-refractivity contribution in [3.8, 4) is 0 Å². The highest BCUT2D eigenvalue weighted by Crippen LogP contribution is 2.23. The lowest BCUT2D eigenvalue weighted by atomic mass is 10.2. The first kappa shape index (κ1) is 14.7. The summed E-state index contributed by atoms with van der Waals surface area (Å²) in [6.45, 7) is 2.93. The van der Waals surface area contributed by atoms with Crippen LogP contribution in [-0.4, -0.2) is 18.1 Å². The van der Waals surface area contributed by atoms with E-state index in [2.05, 4.69) is 43.3 Å². The van der Waals surface area contributed by atoms with E-state index in [4.69, 9.17) is 11.6 Å². The van der Waals surface area contributed by atoms with Crippen LogP contribution in [0, 0.1) is 0 Å². The van der Waals surface area contributed by atoms with E-state index in [1.54, 1.807) is 0 Å². The molecule has 5 heteroatoms. The molecule has 1 aliphatic rings. The molecule has 1 fully saturated rings. The van der Waals surface area contributed by atoms with Gasteiger partial charge < -0.3 is 10.2 Å². The van der Waals surface area contributed by atoms with Crippen LogP contribution in [0.1, 0.15) is 18.4 Å². The normalized spacial score (nSPS) is 14.5. The van der Waals surface area contributed by atoms with Crippen LogP contribution >= 0.6 is 27.5 Å². The number of anilines is 2. The zero-order valence-corrected chi connectivity index (χ0v) is 14.0. The Hall–Kier alpha value is -1.26. The Kier molecular flexibility index (Phi) is 4.66. The quantitative estimate of drug-likeness (QED) is 0.849.